The van der Waals surface area contributed by atoms with Gasteiger partial charge in [-0.05, 0) is 24.9 Å². The van der Waals surface area contributed by atoms with Crippen LogP contribution < -0.4 is 5.73 Å². The summed E-state index contributed by atoms with van der Waals surface area (Å²) >= 11 is 0. The summed E-state index contributed by atoms with van der Waals surface area (Å²) in [5.74, 6) is 2.69. The molecular formula is C16H21N3O. The van der Waals surface area contributed by atoms with Crippen molar-refractivity contribution in [2.45, 2.75) is 19.4 Å². The molecule has 1 aliphatic rings. The van der Waals surface area contributed by atoms with Gasteiger partial charge >= 0.3 is 0 Å². The Morgan fingerprint density at radius 2 is 2.10 bits per heavy atom. The molecule has 1 aromatic carbocycles. The van der Waals surface area contributed by atoms with Gasteiger partial charge < -0.3 is 10.2 Å². The molecule has 1 aromatic heterocycles. The van der Waals surface area contributed by atoms with E-state index >= 15 is 0 Å². The first kappa shape index (κ1) is 13.3. The van der Waals surface area contributed by atoms with Crippen LogP contribution >= 0.6 is 0 Å². The minimum atomic E-state index is 0.508. The zero-order chi connectivity index (χ0) is 13.9. The van der Waals surface area contributed by atoms with Gasteiger partial charge in [-0.3, -0.25) is 4.90 Å². The highest BCUT2D eigenvalue weighted by molar-refractivity contribution is 5.22. The molecule has 2 atom stereocenters. The quantitative estimate of drug-likeness (QED) is 0.926. The number of oxazole rings is 1. The molecule has 106 valence electrons. The lowest BCUT2D eigenvalue weighted by Gasteiger charge is -2.16. The fraction of sp³-hybridized carbons (Fsp3) is 0.438. The van der Waals surface area contributed by atoms with Gasteiger partial charge in [-0.25, -0.2) is 4.98 Å². The fourth-order valence-corrected chi connectivity index (χ4v) is 3.07. The molecule has 0 aliphatic carbocycles. The molecule has 2 aromatic rings. The summed E-state index contributed by atoms with van der Waals surface area (Å²) in [7, 11) is 0. The molecule has 2 heterocycles. The minimum Gasteiger partial charge on any atom is -0.445 e. The van der Waals surface area contributed by atoms with E-state index < -0.39 is 0 Å². The molecule has 0 saturated carbocycles. The molecule has 4 nitrogen and oxygen atoms in total. The Hall–Kier alpha value is -1.65. The Labute approximate surface area is 119 Å². The summed E-state index contributed by atoms with van der Waals surface area (Å²) < 4.78 is 5.57. The van der Waals surface area contributed by atoms with E-state index in [0.29, 0.717) is 11.8 Å². The van der Waals surface area contributed by atoms with Crippen molar-refractivity contribution in [3.8, 4) is 0 Å². The highest BCUT2D eigenvalue weighted by Gasteiger charge is 2.33. The average Bonchev–Trinajstić information content (AvgIpc) is 3.06. The lowest BCUT2D eigenvalue weighted by molar-refractivity contribution is 0.277. The van der Waals surface area contributed by atoms with Crippen LogP contribution in [-0.2, 0) is 6.54 Å². The Balaban J connectivity index is 1.71. The second kappa shape index (κ2) is 5.77. The number of hydrogen-bond acceptors (Lipinski definition) is 4. The van der Waals surface area contributed by atoms with Crippen LogP contribution in [0, 0.1) is 12.8 Å². The lowest BCUT2D eigenvalue weighted by Crippen LogP contribution is -2.23. The first-order valence-electron chi connectivity index (χ1n) is 7.15. The van der Waals surface area contributed by atoms with E-state index in [1.165, 1.54) is 5.56 Å². The number of benzene rings is 1. The molecule has 3 rings (SSSR count). The molecule has 2 N–H and O–H groups in total. The highest BCUT2D eigenvalue weighted by atomic mass is 16.4. The van der Waals surface area contributed by atoms with Gasteiger partial charge in [0.15, 0.2) is 0 Å². The van der Waals surface area contributed by atoms with Gasteiger partial charge in [0.25, 0.3) is 0 Å². The summed E-state index contributed by atoms with van der Waals surface area (Å²) in [5.41, 5.74) is 7.34. The number of likely N-dealkylation sites (tertiary alicyclic amines) is 1. The van der Waals surface area contributed by atoms with Crippen molar-refractivity contribution in [3.05, 3.63) is 53.7 Å². The van der Waals surface area contributed by atoms with E-state index in [1.807, 2.05) is 6.92 Å². The number of nitrogens with two attached hydrogens (primary N) is 1. The third kappa shape index (κ3) is 2.76. The van der Waals surface area contributed by atoms with E-state index in [-0.39, 0.29) is 0 Å². The second-order valence-corrected chi connectivity index (χ2v) is 5.57. The standard InChI is InChI=1S/C16H21N3O/c1-12-8-18-16(20-12)11-19-9-14(7-17)15(10-19)13-5-3-2-4-6-13/h2-6,8,14-15H,7,9-11,17H2,1H3/t14-,15+/m1/s1. The van der Waals surface area contributed by atoms with Gasteiger partial charge in [0.05, 0.1) is 12.7 Å². The van der Waals surface area contributed by atoms with Crippen LogP contribution in [-0.4, -0.2) is 29.5 Å². The topological polar surface area (TPSA) is 55.3 Å². The minimum absolute atomic E-state index is 0.508. The summed E-state index contributed by atoms with van der Waals surface area (Å²) in [6.45, 7) is 5.45. The lowest BCUT2D eigenvalue weighted by atomic mass is 9.89. The fourth-order valence-electron chi connectivity index (χ4n) is 3.07. The molecule has 20 heavy (non-hydrogen) atoms. The average molecular weight is 271 g/mol. The largest absolute Gasteiger partial charge is 0.445 e. The predicted molar refractivity (Wildman–Crippen MR) is 78.2 cm³/mol. The first-order chi connectivity index (χ1) is 9.76. The monoisotopic (exact) mass is 271 g/mol. The number of hydrogen-bond donors (Lipinski definition) is 1. The van der Waals surface area contributed by atoms with Gasteiger partial charge in [-0.1, -0.05) is 30.3 Å². The van der Waals surface area contributed by atoms with Gasteiger partial charge in [-0.15, -0.1) is 0 Å². The molecule has 0 amide bonds. The number of aromatic nitrogens is 1. The van der Waals surface area contributed by atoms with Crippen LogP contribution in [0.4, 0.5) is 0 Å². The molecule has 1 saturated heterocycles. The SMILES string of the molecule is Cc1cnc(CN2C[C@@H](CN)[C@H](c3ccccc3)C2)o1. The number of nitrogens with zero attached hydrogens (tertiary/aromatic N) is 2. The third-order valence-electron chi connectivity index (χ3n) is 4.08. The third-order valence-corrected chi connectivity index (χ3v) is 4.08. The van der Waals surface area contributed by atoms with E-state index in [2.05, 4.69) is 40.2 Å². The van der Waals surface area contributed by atoms with E-state index in [4.69, 9.17) is 10.2 Å². The molecule has 0 radical (unpaired) electrons. The van der Waals surface area contributed by atoms with Crippen LogP contribution in [0.25, 0.3) is 0 Å². The van der Waals surface area contributed by atoms with Crippen molar-refractivity contribution < 1.29 is 4.42 Å². The maximum atomic E-state index is 5.96. The zero-order valence-electron chi connectivity index (χ0n) is 11.8. The van der Waals surface area contributed by atoms with E-state index in [9.17, 15) is 0 Å². The molecule has 4 heteroatoms. The Kier molecular flexibility index (Phi) is 3.85. The predicted octanol–water partition coefficient (Wildman–Crippen LogP) is 2.16. The summed E-state index contributed by atoms with van der Waals surface area (Å²) in [5, 5.41) is 0. The van der Waals surface area contributed by atoms with Crippen molar-refractivity contribution in [3.63, 3.8) is 0 Å². The Morgan fingerprint density at radius 1 is 1.30 bits per heavy atom. The summed E-state index contributed by atoms with van der Waals surface area (Å²) in [6, 6.07) is 10.7. The molecule has 0 unspecified atom stereocenters. The molecular weight excluding hydrogens is 250 g/mol. The molecule has 1 aliphatic heterocycles. The van der Waals surface area contributed by atoms with Crippen molar-refractivity contribution in [1.82, 2.24) is 9.88 Å². The Bertz CT molecular complexity index is 552. The number of rotatable bonds is 4. The van der Waals surface area contributed by atoms with Crippen LogP contribution in [0.1, 0.15) is 23.1 Å². The van der Waals surface area contributed by atoms with Crippen LogP contribution in [0.15, 0.2) is 40.9 Å². The van der Waals surface area contributed by atoms with Crippen molar-refractivity contribution >= 4 is 0 Å². The van der Waals surface area contributed by atoms with Gasteiger partial charge in [0, 0.05) is 19.0 Å². The van der Waals surface area contributed by atoms with E-state index in [0.717, 1.165) is 37.8 Å². The van der Waals surface area contributed by atoms with Crippen LogP contribution in [0.3, 0.4) is 0 Å². The Morgan fingerprint density at radius 3 is 2.75 bits per heavy atom. The highest BCUT2D eigenvalue weighted by Crippen LogP contribution is 2.32. The van der Waals surface area contributed by atoms with Gasteiger partial charge in [-0.2, -0.15) is 0 Å². The maximum Gasteiger partial charge on any atom is 0.208 e. The smallest absolute Gasteiger partial charge is 0.208 e. The zero-order valence-corrected chi connectivity index (χ0v) is 11.8. The molecule has 0 spiro atoms. The normalized spacial score (nSPS) is 23.3. The molecule has 0 bridgehead atoms. The van der Waals surface area contributed by atoms with Crippen LogP contribution in [0.5, 0.6) is 0 Å². The van der Waals surface area contributed by atoms with E-state index in [1.54, 1.807) is 6.20 Å². The van der Waals surface area contributed by atoms with Crippen molar-refractivity contribution in [1.29, 1.82) is 0 Å². The summed E-state index contributed by atoms with van der Waals surface area (Å²) in [6.07, 6.45) is 1.78. The summed E-state index contributed by atoms with van der Waals surface area (Å²) in [4.78, 5) is 6.68. The van der Waals surface area contributed by atoms with Crippen molar-refractivity contribution in [2.75, 3.05) is 19.6 Å². The van der Waals surface area contributed by atoms with Crippen LogP contribution in [0.2, 0.25) is 0 Å². The maximum absolute atomic E-state index is 5.96. The van der Waals surface area contributed by atoms with Gasteiger partial charge in [0.2, 0.25) is 5.89 Å². The number of aryl methyl sites for hydroxylation is 1. The van der Waals surface area contributed by atoms with Gasteiger partial charge in [0.1, 0.15) is 5.76 Å². The first-order valence-corrected chi connectivity index (χ1v) is 7.15. The van der Waals surface area contributed by atoms with Crippen molar-refractivity contribution in [2.24, 2.45) is 11.7 Å². The second-order valence-electron chi connectivity index (χ2n) is 5.57. The molecule has 1 fully saturated rings.